The number of benzene rings is 2. The third kappa shape index (κ3) is 5.98. The summed E-state index contributed by atoms with van der Waals surface area (Å²) >= 11 is 0. The lowest BCUT2D eigenvalue weighted by Gasteiger charge is -2.24. The monoisotopic (exact) mass is 489 g/mol. The largest absolute Gasteiger partial charge is 0.489 e. The van der Waals surface area contributed by atoms with Crippen molar-refractivity contribution in [2.45, 2.75) is 51.2 Å². The first-order valence-electron chi connectivity index (χ1n) is 12.0. The van der Waals surface area contributed by atoms with Crippen LogP contribution in [0.1, 0.15) is 49.9 Å². The molecule has 1 amide bonds. The topological polar surface area (TPSA) is 105 Å². The van der Waals surface area contributed by atoms with Crippen molar-refractivity contribution >= 4 is 23.0 Å². The number of hydrogen-bond donors (Lipinski definition) is 1. The van der Waals surface area contributed by atoms with Crippen LogP contribution in [0.3, 0.4) is 0 Å². The molecular formula is C28H31N3O5. The maximum atomic E-state index is 12.6. The standard InChI is InChI=1S/C28H31N3O5/c1-28(2,3)36-27(33)31-12-11-23(17-31)35-22-9-7-19(8-10-22)24(26(32)34-4)15-21-14-20-6-5-18(16-29)13-25(20)30-21/h5-10,13-14,23-24,30H,11-12,15,17H2,1-4H3/t23-,24?/m0/s1. The summed E-state index contributed by atoms with van der Waals surface area (Å²) in [4.78, 5) is 29.9. The highest BCUT2D eigenvalue weighted by atomic mass is 16.6. The number of hydrogen-bond acceptors (Lipinski definition) is 6. The highest BCUT2D eigenvalue weighted by molar-refractivity contribution is 5.83. The molecular weight excluding hydrogens is 458 g/mol. The van der Waals surface area contributed by atoms with Crippen LogP contribution >= 0.6 is 0 Å². The van der Waals surface area contributed by atoms with Crippen molar-refractivity contribution < 1.29 is 23.8 Å². The summed E-state index contributed by atoms with van der Waals surface area (Å²) in [5.74, 6) is -0.154. The van der Waals surface area contributed by atoms with Gasteiger partial charge in [-0.25, -0.2) is 4.79 Å². The zero-order valence-corrected chi connectivity index (χ0v) is 21.0. The zero-order chi connectivity index (χ0) is 25.9. The summed E-state index contributed by atoms with van der Waals surface area (Å²) in [6.07, 6.45) is 0.700. The molecule has 1 fully saturated rings. The number of fused-ring (bicyclic) bond motifs is 1. The van der Waals surface area contributed by atoms with Crippen molar-refractivity contribution in [1.29, 1.82) is 5.26 Å². The van der Waals surface area contributed by atoms with E-state index in [4.69, 9.17) is 19.5 Å². The normalized spacial score (nSPS) is 16.4. The van der Waals surface area contributed by atoms with Crippen molar-refractivity contribution in [3.63, 3.8) is 0 Å². The molecule has 1 aliphatic heterocycles. The first-order chi connectivity index (χ1) is 17.1. The van der Waals surface area contributed by atoms with Gasteiger partial charge in [-0.2, -0.15) is 5.26 Å². The second-order valence-corrected chi connectivity index (χ2v) is 10.0. The van der Waals surface area contributed by atoms with Crippen molar-refractivity contribution in [3.8, 4) is 11.8 Å². The van der Waals surface area contributed by atoms with E-state index in [0.717, 1.165) is 28.6 Å². The van der Waals surface area contributed by atoms with Gasteiger partial charge in [0.15, 0.2) is 0 Å². The molecule has 0 radical (unpaired) electrons. The fourth-order valence-electron chi connectivity index (χ4n) is 4.35. The first-order valence-corrected chi connectivity index (χ1v) is 12.0. The number of aromatic amines is 1. The van der Waals surface area contributed by atoms with E-state index in [9.17, 15) is 9.59 Å². The Morgan fingerprint density at radius 1 is 1.17 bits per heavy atom. The van der Waals surface area contributed by atoms with Gasteiger partial charge in [0.2, 0.25) is 0 Å². The van der Waals surface area contributed by atoms with Crippen LogP contribution in [0.15, 0.2) is 48.5 Å². The molecule has 8 nitrogen and oxygen atoms in total. The molecule has 1 saturated heterocycles. The van der Waals surface area contributed by atoms with Gasteiger partial charge in [0.1, 0.15) is 17.5 Å². The van der Waals surface area contributed by atoms with Crippen molar-refractivity contribution in [2.24, 2.45) is 0 Å². The second-order valence-electron chi connectivity index (χ2n) is 10.0. The molecule has 0 spiro atoms. The molecule has 1 aromatic heterocycles. The number of amides is 1. The number of ether oxygens (including phenoxy) is 3. The van der Waals surface area contributed by atoms with E-state index in [1.165, 1.54) is 7.11 Å². The average Bonchev–Trinajstić information content (AvgIpc) is 3.47. The van der Waals surface area contributed by atoms with Crippen LogP contribution in [0.4, 0.5) is 4.79 Å². The number of aromatic nitrogens is 1. The third-order valence-electron chi connectivity index (χ3n) is 6.10. The molecule has 0 aliphatic carbocycles. The van der Waals surface area contributed by atoms with Crippen LogP contribution < -0.4 is 4.74 Å². The lowest BCUT2D eigenvalue weighted by molar-refractivity contribution is -0.142. The summed E-state index contributed by atoms with van der Waals surface area (Å²) < 4.78 is 16.6. The van der Waals surface area contributed by atoms with Gasteiger partial charge in [-0.3, -0.25) is 4.79 Å². The molecule has 36 heavy (non-hydrogen) atoms. The minimum Gasteiger partial charge on any atom is -0.489 e. The quantitative estimate of drug-likeness (QED) is 0.493. The van der Waals surface area contributed by atoms with Crippen LogP contribution in [0.5, 0.6) is 5.75 Å². The number of likely N-dealkylation sites (tertiary alicyclic amines) is 1. The van der Waals surface area contributed by atoms with E-state index < -0.39 is 11.5 Å². The molecule has 1 aliphatic rings. The predicted molar refractivity (Wildman–Crippen MR) is 135 cm³/mol. The molecule has 1 N–H and O–H groups in total. The maximum Gasteiger partial charge on any atom is 0.410 e. The highest BCUT2D eigenvalue weighted by Gasteiger charge is 2.31. The van der Waals surface area contributed by atoms with E-state index in [1.54, 1.807) is 17.0 Å². The summed E-state index contributed by atoms with van der Waals surface area (Å²) in [6, 6.07) is 17.0. The minimum atomic E-state index is -0.533. The molecule has 2 aromatic carbocycles. The van der Waals surface area contributed by atoms with E-state index in [2.05, 4.69) is 11.1 Å². The number of H-pyrrole nitrogens is 1. The minimum absolute atomic E-state index is 0.121. The summed E-state index contributed by atoms with van der Waals surface area (Å²) in [6.45, 7) is 6.60. The molecule has 2 atom stereocenters. The van der Waals surface area contributed by atoms with E-state index >= 15 is 0 Å². The van der Waals surface area contributed by atoms with E-state index in [-0.39, 0.29) is 18.2 Å². The van der Waals surface area contributed by atoms with Crippen LogP contribution in [0.2, 0.25) is 0 Å². The number of nitrogens with zero attached hydrogens (tertiary/aromatic N) is 2. The predicted octanol–water partition coefficient (Wildman–Crippen LogP) is 4.93. The van der Waals surface area contributed by atoms with E-state index in [1.807, 2.05) is 57.2 Å². The fourth-order valence-corrected chi connectivity index (χ4v) is 4.35. The molecule has 4 rings (SSSR count). The SMILES string of the molecule is COC(=O)C(Cc1cc2ccc(C#N)cc2[nH]1)c1ccc(O[C@H]2CCN(C(=O)OC(C)(C)C)C2)cc1. The molecule has 188 valence electrons. The molecule has 3 aromatic rings. The number of nitrogens with one attached hydrogen (secondary N) is 1. The molecule has 0 saturated carbocycles. The molecule has 1 unspecified atom stereocenters. The Morgan fingerprint density at radius 2 is 1.92 bits per heavy atom. The number of esters is 1. The Balaban J connectivity index is 1.42. The van der Waals surface area contributed by atoms with Gasteiger partial charge in [-0.1, -0.05) is 18.2 Å². The van der Waals surface area contributed by atoms with Crippen LogP contribution in [-0.2, 0) is 20.7 Å². The zero-order valence-electron chi connectivity index (χ0n) is 21.0. The lowest BCUT2D eigenvalue weighted by Crippen LogP contribution is -2.36. The fraction of sp³-hybridized carbons (Fsp3) is 0.393. The van der Waals surface area contributed by atoms with Crippen molar-refractivity contribution in [3.05, 3.63) is 65.4 Å². The average molecular weight is 490 g/mol. The van der Waals surface area contributed by atoms with Crippen LogP contribution in [0.25, 0.3) is 10.9 Å². The smallest absolute Gasteiger partial charge is 0.410 e. The van der Waals surface area contributed by atoms with E-state index in [0.29, 0.717) is 30.8 Å². The Morgan fingerprint density at radius 3 is 2.58 bits per heavy atom. The lowest BCUT2D eigenvalue weighted by atomic mass is 9.94. The Kier molecular flexibility index (Phi) is 7.20. The number of carbonyl (C=O) groups excluding carboxylic acids is 2. The number of rotatable bonds is 6. The summed E-state index contributed by atoms with van der Waals surface area (Å²) in [5.41, 5.74) is 2.59. The third-order valence-corrected chi connectivity index (χ3v) is 6.10. The van der Waals surface area contributed by atoms with Gasteiger partial charge >= 0.3 is 12.1 Å². The number of methoxy groups -OCH3 is 1. The van der Waals surface area contributed by atoms with Crippen molar-refractivity contribution in [2.75, 3.05) is 20.2 Å². The van der Waals surface area contributed by atoms with Crippen LogP contribution in [-0.4, -0.2) is 53.9 Å². The van der Waals surface area contributed by atoms with Gasteiger partial charge in [0, 0.05) is 30.6 Å². The Labute approximate surface area is 210 Å². The maximum absolute atomic E-state index is 12.6. The summed E-state index contributed by atoms with van der Waals surface area (Å²) in [5, 5.41) is 10.1. The van der Waals surface area contributed by atoms with Gasteiger partial charge in [-0.15, -0.1) is 0 Å². The van der Waals surface area contributed by atoms with Gasteiger partial charge in [0.25, 0.3) is 0 Å². The van der Waals surface area contributed by atoms with Gasteiger partial charge < -0.3 is 24.1 Å². The highest BCUT2D eigenvalue weighted by Crippen LogP contribution is 2.28. The molecule has 0 bridgehead atoms. The van der Waals surface area contributed by atoms with Gasteiger partial charge in [-0.05, 0) is 62.1 Å². The van der Waals surface area contributed by atoms with Gasteiger partial charge in [0.05, 0.1) is 31.2 Å². The number of carbonyl (C=O) groups is 2. The Hall–Kier alpha value is -3.99. The molecule has 8 heteroatoms. The van der Waals surface area contributed by atoms with Crippen molar-refractivity contribution in [1.82, 2.24) is 9.88 Å². The molecule has 2 heterocycles. The summed E-state index contributed by atoms with van der Waals surface area (Å²) in [7, 11) is 1.38. The first kappa shape index (κ1) is 25.1. The number of nitriles is 1. The second kappa shape index (κ2) is 10.3. The van der Waals surface area contributed by atoms with Crippen LogP contribution in [0, 0.1) is 11.3 Å². The Bertz CT molecular complexity index is 1280.